The first kappa shape index (κ1) is 35.7. The van der Waals surface area contributed by atoms with Gasteiger partial charge in [-0.2, -0.15) is 0 Å². The number of aromatic nitrogens is 1. The Kier molecular flexibility index (Phi) is 8.53. The van der Waals surface area contributed by atoms with Crippen molar-refractivity contribution in [3.8, 4) is 39.1 Å². The van der Waals surface area contributed by atoms with E-state index < -0.39 is 0 Å². The molecule has 2 heteroatoms. The number of hydrogen-bond donors (Lipinski definition) is 0. The van der Waals surface area contributed by atoms with Crippen molar-refractivity contribution in [2.75, 3.05) is 4.90 Å². The molecule has 0 bridgehead atoms. The molecule has 0 fully saturated rings. The summed E-state index contributed by atoms with van der Waals surface area (Å²) in [4.78, 5) is 2.36. The van der Waals surface area contributed by atoms with E-state index in [1.54, 1.807) is 0 Å². The van der Waals surface area contributed by atoms with Crippen LogP contribution in [0.4, 0.5) is 17.1 Å². The van der Waals surface area contributed by atoms with Gasteiger partial charge in [-0.25, -0.2) is 0 Å². The summed E-state index contributed by atoms with van der Waals surface area (Å²) >= 11 is 0. The van der Waals surface area contributed by atoms with Gasteiger partial charge >= 0.3 is 0 Å². The van der Waals surface area contributed by atoms with Crippen molar-refractivity contribution in [2.24, 2.45) is 0 Å². The summed E-state index contributed by atoms with van der Waals surface area (Å²) in [7, 11) is 0. The fourth-order valence-electron chi connectivity index (χ4n) is 9.57. The Labute approximate surface area is 360 Å². The first-order valence-corrected chi connectivity index (χ1v) is 21.3. The van der Waals surface area contributed by atoms with Crippen LogP contribution in [-0.2, 0) is 0 Å². The molecule has 0 N–H and O–H groups in total. The standard InChI is InChI=1S/C60H40N2/c1-2-12-41(13-3-1)42-24-32-48(33-25-42)61(49-34-26-43(27-35-49)47-23-22-46-31-38-53-51-15-5-4-14-44(51)30-39-54(53)57(46)40-47)50-36-28-45(29-37-50)52-16-6-9-19-58(52)62-59-20-10-7-17-55(59)56-18-8-11-21-60(56)62/h1-40H. The first-order chi connectivity index (χ1) is 30.7. The number of rotatable bonds is 7. The molecule has 0 aliphatic rings. The molecule has 0 aliphatic carbocycles. The van der Waals surface area contributed by atoms with E-state index in [2.05, 4.69) is 252 Å². The highest BCUT2D eigenvalue weighted by Crippen LogP contribution is 2.41. The zero-order chi connectivity index (χ0) is 41.0. The molecule has 0 saturated carbocycles. The lowest BCUT2D eigenvalue weighted by atomic mass is 9.94. The third kappa shape index (κ3) is 6.04. The first-order valence-electron chi connectivity index (χ1n) is 21.3. The van der Waals surface area contributed by atoms with Gasteiger partial charge in [0.1, 0.15) is 0 Å². The molecule has 2 nitrogen and oxygen atoms in total. The monoisotopic (exact) mass is 788 g/mol. The van der Waals surface area contributed by atoms with E-state index in [0.717, 1.165) is 28.3 Å². The van der Waals surface area contributed by atoms with Crippen molar-refractivity contribution in [2.45, 2.75) is 0 Å². The number of benzene rings is 11. The molecular weight excluding hydrogens is 749 g/mol. The summed E-state index contributed by atoms with van der Waals surface area (Å²) < 4.78 is 2.41. The predicted molar refractivity (Wildman–Crippen MR) is 264 cm³/mol. The van der Waals surface area contributed by atoms with Crippen molar-refractivity contribution >= 4 is 71.2 Å². The van der Waals surface area contributed by atoms with Crippen LogP contribution in [0.5, 0.6) is 0 Å². The van der Waals surface area contributed by atoms with E-state index in [-0.39, 0.29) is 0 Å². The molecule has 1 aromatic heterocycles. The highest BCUT2D eigenvalue weighted by molar-refractivity contribution is 6.18. The molecule has 0 unspecified atom stereocenters. The van der Waals surface area contributed by atoms with Gasteiger partial charge in [0.15, 0.2) is 0 Å². The minimum Gasteiger partial charge on any atom is -0.311 e. The maximum atomic E-state index is 2.41. The lowest BCUT2D eigenvalue weighted by Crippen LogP contribution is -2.09. The van der Waals surface area contributed by atoms with Crippen molar-refractivity contribution in [3.05, 3.63) is 243 Å². The van der Waals surface area contributed by atoms with Crippen LogP contribution >= 0.6 is 0 Å². The smallest absolute Gasteiger partial charge is 0.0541 e. The molecule has 12 aromatic rings. The summed E-state index contributed by atoms with van der Waals surface area (Å²) in [6, 6.07) is 88.4. The van der Waals surface area contributed by atoms with E-state index >= 15 is 0 Å². The zero-order valence-corrected chi connectivity index (χ0v) is 34.0. The summed E-state index contributed by atoms with van der Waals surface area (Å²) in [6.45, 7) is 0. The van der Waals surface area contributed by atoms with Crippen molar-refractivity contribution in [1.29, 1.82) is 0 Å². The molecule has 11 aromatic carbocycles. The SMILES string of the molecule is c1ccc(-c2ccc(N(c3ccc(-c4ccc5ccc6c7ccccc7ccc6c5c4)cc3)c3ccc(-c4ccccc4-n4c5ccccc5c5ccccc54)cc3)cc2)cc1. The predicted octanol–water partition coefficient (Wildman–Crippen LogP) is 16.7. The number of fused-ring (bicyclic) bond motifs is 8. The average Bonchev–Trinajstić information content (AvgIpc) is 3.69. The van der Waals surface area contributed by atoms with Crippen LogP contribution in [0.2, 0.25) is 0 Å². The summed E-state index contributed by atoms with van der Waals surface area (Å²) in [5.74, 6) is 0. The van der Waals surface area contributed by atoms with E-state index in [9.17, 15) is 0 Å². The van der Waals surface area contributed by atoms with Crippen LogP contribution in [-0.4, -0.2) is 4.57 Å². The molecule has 0 radical (unpaired) electrons. The largest absolute Gasteiger partial charge is 0.311 e. The molecular formula is C60H40N2. The lowest BCUT2D eigenvalue weighted by Gasteiger charge is -2.26. The fraction of sp³-hybridized carbons (Fsp3) is 0. The maximum Gasteiger partial charge on any atom is 0.0541 e. The Hall–Kier alpha value is -8.20. The molecule has 0 aliphatic heterocycles. The van der Waals surface area contributed by atoms with Crippen LogP contribution in [0.3, 0.4) is 0 Å². The van der Waals surface area contributed by atoms with Crippen LogP contribution in [0.25, 0.3) is 93.2 Å². The number of nitrogens with zero attached hydrogens (tertiary/aromatic N) is 2. The minimum atomic E-state index is 1.09. The molecule has 12 rings (SSSR count). The van der Waals surface area contributed by atoms with Gasteiger partial charge in [0.05, 0.1) is 16.7 Å². The molecule has 0 atom stereocenters. The average molecular weight is 789 g/mol. The second-order valence-corrected chi connectivity index (χ2v) is 16.1. The maximum absolute atomic E-state index is 2.41. The van der Waals surface area contributed by atoms with Crippen molar-refractivity contribution in [3.63, 3.8) is 0 Å². The molecule has 0 spiro atoms. The van der Waals surface area contributed by atoms with Gasteiger partial charge in [0.2, 0.25) is 0 Å². The van der Waals surface area contributed by atoms with Gasteiger partial charge in [-0.05, 0) is 121 Å². The minimum absolute atomic E-state index is 1.09. The van der Waals surface area contributed by atoms with Crippen molar-refractivity contribution in [1.82, 2.24) is 4.57 Å². The van der Waals surface area contributed by atoms with Gasteiger partial charge in [-0.3, -0.25) is 0 Å². The molecule has 0 saturated heterocycles. The molecule has 62 heavy (non-hydrogen) atoms. The van der Waals surface area contributed by atoms with E-state index in [0.29, 0.717) is 0 Å². The normalized spacial score (nSPS) is 11.5. The topological polar surface area (TPSA) is 8.17 Å². The fourth-order valence-corrected chi connectivity index (χ4v) is 9.57. The Balaban J connectivity index is 0.938. The van der Waals surface area contributed by atoms with Gasteiger partial charge < -0.3 is 9.47 Å². The Bertz CT molecular complexity index is 3550. The summed E-state index contributed by atoms with van der Waals surface area (Å²) in [6.07, 6.45) is 0. The van der Waals surface area contributed by atoms with Crippen LogP contribution in [0, 0.1) is 0 Å². The quantitative estimate of drug-likeness (QED) is 0.146. The summed E-state index contributed by atoms with van der Waals surface area (Å²) in [5.41, 5.74) is 14.0. The van der Waals surface area contributed by atoms with Crippen LogP contribution < -0.4 is 4.90 Å². The second kappa shape index (κ2) is 14.8. The zero-order valence-electron chi connectivity index (χ0n) is 34.0. The number of hydrogen-bond acceptors (Lipinski definition) is 1. The second-order valence-electron chi connectivity index (χ2n) is 16.1. The van der Waals surface area contributed by atoms with Gasteiger partial charge in [-0.15, -0.1) is 0 Å². The van der Waals surface area contributed by atoms with Gasteiger partial charge in [0, 0.05) is 33.4 Å². The highest BCUT2D eigenvalue weighted by atomic mass is 15.1. The Morgan fingerprint density at radius 3 is 1.34 bits per heavy atom. The number of anilines is 3. The van der Waals surface area contributed by atoms with Crippen molar-refractivity contribution < 1.29 is 0 Å². The summed E-state index contributed by atoms with van der Waals surface area (Å²) in [5, 5.41) is 10.2. The van der Waals surface area contributed by atoms with Crippen LogP contribution in [0.1, 0.15) is 0 Å². The van der Waals surface area contributed by atoms with E-state index in [1.165, 1.54) is 81.9 Å². The third-order valence-corrected chi connectivity index (χ3v) is 12.6. The van der Waals surface area contributed by atoms with E-state index in [1.807, 2.05) is 0 Å². The van der Waals surface area contributed by atoms with Gasteiger partial charge in [-0.1, -0.05) is 182 Å². The Morgan fingerprint density at radius 1 is 0.258 bits per heavy atom. The number of para-hydroxylation sites is 3. The molecule has 1 heterocycles. The molecule has 0 amide bonds. The third-order valence-electron chi connectivity index (χ3n) is 12.6. The van der Waals surface area contributed by atoms with Crippen LogP contribution in [0.15, 0.2) is 243 Å². The lowest BCUT2D eigenvalue weighted by molar-refractivity contribution is 1.18. The Morgan fingerprint density at radius 2 is 0.694 bits per heavy atom. The van der Waals surface area contributed by atoms with Gasteiger partial charge in [0.25, 0.3) is 0 Å². The highest BCUT2D eigenvalue weighted by Gasteiger charge is 2.17. The van der Waals surface area contributed by atoms with E-state index in [4.69, 9.17) is 0 Å². The molecule has 290 valence electrons.